The number of likely N-dealkylation sites (tertiary alicyclic amines) is 1. The zero-order valence-corrected chi connectivity index (χ0v) is 26.5. The minimum absolute atomic E-state index is 0.0450. The normalized spacial score (nSPS) is 17.0. The Kier molecular flexibility index (Phi) is 9.88. The first-order valence-corrected chi connectivity index (χ1v) is 15.9. The van der Waals surface area contributed by atoms with Crippen molar-refractivity contribution in [2.24, 2.45) is 0 Å². The predicted octanol–water partition coefficient (Wildman–Crippen LogP) is 5.12. The van der Waals surface area contributed by atoms with Gasteiger partial charge in [0, 0.05) is 43.7 Å². The summed E-state index contributed by atoms with van der Waals surface area (Å²) in [6.45, 7) is 12.1. The summed E-state index contributed by atoms with van der Waals surface area (Å²) in [6.07, 6.45) is 4.16. The van der Waals surface area contributed by atoms with Crippen LogP contribution >= 0.6 is 0 Å². The molecule has 5 rings (SSSR count). The molecule has 0 spiro atoms. The second-order valence-corrected chi connectivity index (χ2v) is 13.1. The first-order chi connectivity index (χ1) is 21.1. The molecule has 1 aromatic heterocycles. The van der Waals surface area contributed by atoms with Crippen LogP contribution in [0.15, 0.2) is 53.3 Å². The summed E-state index contributed by atoms with van der Waals surface area (Å²) in [5.41, 5.74) is 1.55. The molecule has 2 aliphatic rings. The molecule has 0 radical (unpaired) electrons. The van der Waals surface area contributed by atoms with Crippen molar-refractivity contribution in [1.82, 2.24) is 20.0 Å². The lowest BCUT2D eigenvalue weighted by molar-refractivity contribution is -0.114. The summed E-state index contributed by atoms with van der Waals surface area (Å²) in [5.74, 6) is 1.26. The Morgan fingerprint density at radius 1 is 0.932 bits per heavy atom. The second kappa shape index (κ2) is 13.8. The number of nitrogens with one attached hydrogen (secondary N) is 2. The van der Waals surface area contributed by atoms with Gasteiger partial charge in [-0.3, -0.25) is 9.59 Å². The van der Waals surface area contributed by atoms with Gasteiger partial charge in [-0.25, -0.2) is 9.48 Å². The number of carbonyl (C=O) groups is 2. The van der Waals surface area contributed by atoms with Gasteiger partial charge >= 0.3 is 6.09 Å². The average molecular weight is 603 g/mol. The van der Waals surface area contributed by atoms with Gasteiger partial charge in [-0.1, -0.05) is 30.3 Å². The third kappa shape index (κ3) is 8.16. The average Bonchev–Trinajstić information content (AvgIpc) is 2.98. The highest BCUT2D eigenvalue weighted by Crippen LogP contribution is 2.30. The van der Waals surface area contributed by atoms with Crippen LogP contribution in [-0.2, 0) is 16.1 Å². The maximum absolute atomic E-state index is 13.4. The van der Waals surface area contributed by atoms with Crippen LogP contribution in [0, 0.1) is 0 Å². The molecule has 2 aliphatic heterocycles. The fourth-order valence-corrected chi connectivity index (χ4v) is 6.32. The van der Waals surface area contributed by atoms with Gasteiger partial charge in [-0.05, 0) is 102 Å². The van der Waals surface area contributed by atoms with E-state index in [0.717, 1.165) is 81.7 Å². The van der Waals surface area contributed by atoms with Crippen LogP contribution < -0.4 is 21.1 Å². The number of fused-ring (bicyclic) bond motifs is 1. The van der Waals surface area contributed by atoms with Gasteiger partial charge in [0.1, 0.15) is 5.60 Å². The summed E-state index contributed by atoms with van der Waals surface area (Å²) in [6, 6.07) is 16.0. The minimum Gasteiger partial charge on any atom is -0.444 e. The van der Waals surface area contributed by atoms with Crippen LogP contribution in [-0.4, -0.2) is 71.0 Å². The van der Waals surface area contributed by atoms with Crippen LogP contribution in [0.2, 0.25) is 0 Å². The number of aryl methyl sites for hydroxylation is 1. The van der Waals surface area contributed by atoms with E-state index in [1.165, 1.54) is 12.5 Å². The summed E-state index contributed by atoms with van der Waals surface area (Å²) >= 11 is 0. The van der Waals surface area contributed by atoms with Gasteiger partial charge in [-0.2, -0.15) is 5.10 Å². The molecule has 0 saturated carbocycles. The number of piperidine rings is 2. The molecule has 10 nitrogen and oxygen atoms in total. The molecule has 2 amide bonds. The molecule has 2 saturated heterocycles. The largest absolute Gasteiger partial charge is 0.444 e. The molecule has 236 valence electrons. The molecule has 3 aromatic rings. The van der Waals surface area contributed by atoms with E-state index in [4.69, 9.17) is 9.84 Å². The number of aromatic nitrogens is 2. The third-order valence-electron chi connectivity index (χ3n) is 8.47. The number of amides is 2. The number of hydrogen-bond donors (Lipinski definition) is 2. The molecule has 2 fully saturated rings. The van der Waals surface area contributed by atoms with Gasteiger partial charge in [0.05, 0.1) is 5.39 Å². The highest BCUT2D eigenvalue weighted by molar-refractivity contribution is 5.91. The molecule has 0 bridgehead atoms. The zero-order valence-electron chi connectivity index (χ0n) is 26.5. The van der Waals surface area contributed by atoms with Crippen LogP contribution in [0.25, 0.3) is 10.8 Å². The Morgan fingerprint density at radius 3 is 2.32 bits per heavy atom. The molecule has 2 N–H and O–H groups in total. The Labute approximate surface area is 259 Å². The van der Waals surface area contributed by atoms with E-state index >= 15 is 0 Å². The molecular formula is C34H46N6O4. The van der Waals surface area contributed by atoms with Crippen LogP contribution in [0.4, 0.5) is 16.3 Å². The number of alkyl carbamates (subject to hydrolysis) is 1. The van der Waals surface area contributed by atoms with Crippen molar-refractivity contribution in [1.29, 1.82) is 0 Å². The van der Waals surface area contributed by atoms with E-state index in [9.17, 15) is 14.4 Å². The van der Waals surface area contributed by atoms with Crippen LogP contribution in [0.3, 0.4) is 0 Å². The van der Waals surface area contributed by atoms with Crippen molar-refractivity contribution in [3.05, 3.63) is 64.4 Å². The lowest BCUT2D eigenvalue weighted by Crippen LogP contribution is -2.46. The number of anilines is 2. The third-order valence-corrected chi connectivity index (χ3v) is 8.47. The van der Waals surface area contributed by atoms with Gasteiger partial charge in [-0.15, -0.1) is 0 Å². The Bertz CT molecular complexity index is 1510. The predicted molar refractivity (Wildman–Crippen MR) is 174 cm³/mol. The first kappa shape index (κ1) is 31.5. The zero-order chi connectivity index (χ0) is 31.3. The van der Waals surface area contributed by atoms with Gasteiger partial charge in [0.25, 0.3) is 5.56 Å². The maximum atomic E-state index is 13.4. The fraction of sp³-hybridized carbons (Fsp3) is 0.529. The molecule has 3 heterocycles. The molecule has 44 heavy (non-hydrogen) atoms. The van der Waals surface area contributed by atoms with E-state index in [-0.39, 0.29) is 23.6 Å². The van der Waals surface area contributed by atoms with E-state index in [1.807, 2.05) is 57.2 Å². The topological polar surface area (TPSA) is 109 Å². The van der Waals surface area contributed by atoms with Crippen LogP contribution in [0.1, 0.15) is 71.3 Å². The molecular weight excluding hydrogens is 556 g/mol. The maximum Gasteiger partial charge on any atom is 0.407 e. The molecule has 10 heteroatoms. The van der Waals surface area contributed by atoms with Crippen molar-refractivity contribution in [3.8, 4) is 0 Å². The first-order valence-electron chi connectivity index (χ1n) is 15.9. The molecule has 2 aromatic carbocycles. The molecule has 0 aliphatic carbocycles. The Balaban J connectivity index is 1.17. The summed E-state index contributed by atoms with van der Waals surface area (Å²) in [5, 5.41) is 12.3. The fourth-order valence-electron chi connectivity index (χ4n) is 6.32. The Morgan fingerprint density at radius 2 is 1.64 bits per heavy atom. The molecule has 0 unspecified atom stereocenters. The van der Waals surface area contributed by atoms with E-state index in [1.54, 1.807) is 4.68 Å². The lowest BCUT2D eigenvalue weighted by Gasteiger charge is -2.34. The summed E-state index contributed by atoms with van der Waals surface area (Å²) < 4.78 is 7.07. The van der Waals surface area contributed by atoms with Crippen LogP contribution in [0.5, 0.6) is 0 Å². The van der Waals surface area contributed by atoms with E-state index < -0.39 is 5.60 Å². The van der Waals surface area contributed by atoms with E-state index in [2.05, 4.69) is 32.6 Å². The number of carbonyl (C=O) groups excluding carboxylic acids is 2. The Hall–Kier alpha value is -3.92. The number of ether oxygens (including phenoxy) is 1. The van der Waals surface area contributed by atoms with Gasteiger partial charge < -0.3 is 25.2 Å². The van der Waals surface area contributed by atoms with Crippen molar-refractivity contribution in [2.75, 3.05) is 42.9 Å². The van der Waals surface area contributed by atoms with Crippen molar-refractivity contribution in [2.45, 2.75) is 83.9 Å². The standard InChI is InChI=1S/C34H46N6O4/c1-24(41)35-28-10-7-9-26(23-28)25-13-19-38(20-14-25)17-8-18-40-32(42)30-12-6-5-11-29(30)31(37-40)39-21-15-27(16-22-39)36-33(43)44-34(2,3)4/h5-7,9-12,23,25,27H,8,13-22H2,1-4H3,(H,35,41)(H,36,43). The summed E-state index contributed by atoms with van der Waals surface area (Å²) in [4.78, 5) is 41.8. The number of hydrogen-bond acceptors (Lipinski definition) is 7. The SMILES string of the molecule is CC(=O)Nc1cccc(C2CCN(CCCn3nc(N4CCC(NC(=O)OC(C)(C)C)CC4)c4ccccc4c3=O)CC2)c1. The summed E-state index contributed by atoms with van der Waals surface area (Å²) in [7, 11) is 0. The van der Waals surface area contributed by atoms with Crippen molar-refractivity contribution < 1.29 is 14.3 Å². The lowest BCUT2D eigenvalue weighted by atomic mass is 9.89. The van der Waals surface area contributed by atoms with Gasteiger partial charge in [0.2, 0.25) is 5.91 Å². The monoisotopic (exact) mass is 602 g/mol. The smallest absolute Gasteiger partial charge is 0.407 e. The highest BCUT2D eigenvalue weighted by atomic mass is 16.6. The number of benzene rings is 2. The molecule has 0 atom stereocenters. The van der Waals surface area contributed by atoms with E-state index in [0.29, 0.717) is 17.8 Å². The minimum atomic E-state index is -0.528. The second-order valence-electron chi connectivity index (χ2n) is 13.1. The number of nitrogens with zero attached hydrogens (tertiary/aromatic N) is 4. The highest BCUT2D eigenvalue weighted by Gasteiger charge is 2.26. The van der Waals surface area contributed by atoms with Gasteiger partial charge in [0.15, 0.2) is 5.82 Å². The van der Waals surface area contributed by atoms with Crippen molar-refractivity contribution >= 4 is 34.3 Å². The van der Waals surface area contributed by atoms with Crippen molar-refractivity contribution in [3.63, 3.8) is 0 Å². The number of rotatable bonds is 8. The quantitative estimate of drug-likeness (QED) is 0.369.